The number of nitrogens with one attached hydrogen (secondary N) is 8. The number of aryl methyl sites for hydroxylation is 5. The first-order valence-electron chi connectivity index (χ1n) is 35.2. The van der Waals surface area contributed by atoms with E-state index in [1.54, 1.807) is 88.8 Å². The van der Waals surface area contributed by atoms with E-state index < -0.39 is 64.8 Å². The van der Waals surface area contributed by atoms with Crippen LogP contribution in [0.3, 0.4) is 0 Å². The van der Waals surface area contributed by atoms with E-state index in [-0.39, 0.29) is 115 Å². The van der Waals surface area contributed by atoms with Gasteiger partial charge in [0.15, 0.2) is 39.3 Å². The third-order valence-electron chi connectivity index (χ3n) is 16.6. The Morgan fingerprint density at radius 3 is 1.03 bits per heavy atom. The van der Waals surface area contributed by atoms with Crippen LogP contribution in [-0.2, 0) is 6.18 Å². The highest BCUT2D eigenvalue weighted by molar-refractivity contribution is 9.10. The fourth-order valence-electron chi connectivity index (χ4n) is 11.2. The van der Waals surface area contributed by atoms with E-state index in [2.05, 4.69) is 98.8 Å². The quantitative estimate of drug-likeness (QED) is 0.0395. The van der Waals surface area contributed by atoms with Crippen molar-refractivity contribution < 1.29 is 51.5 Å². The van der Waals surface area contributed by atoms with Crippen molar-refractivity contribution in [3.05, 3.63) is 275 Å². The van der Waals surface area contributed by atoms with Crippen LogP contribution in [0.2, 0.25) is 40.4 Å². The van der Waals surface area contributed by atoms with E-state index in [1.807, 2.05) is 58.9 Å². The number of nitrogens with zero attached hydrogens (tertiary/aromatic N) is 13. The number of pyridine rings is 4. The largest absolute Gasteiger partial charge is 0.435 e. The smallest absolute Gasteiger partial charge is 0.355 e. The molecule has 0 atom stereocenters. The van der Waals surface area contributed by atoms with Crippen LogP contribution < -0.4 is 42.5 Å². The Kier molecular flexibility index (Phi) is 30.9. The number of hydrogen-bond acceptors (Lipinski definition) is 17. The van der Waals surface area contributed by atoms with Gasteiger partial charge in [0.25, 0.3) is 47.3 Å². The van der Waals surface area contributed by atoms with Crippen molar-refractivity contribution in [2.24, 2.45) is 0 Å². The van der Waals surface area contributed by atoms with Gasteiger partial charge in [-0.05, 0) is 179 Å². The third-order valence-corrected chi connectivity index (χ3v) is 18.9. The summed E-state index contributed by atoms with van der Waals surface area (Å²) in [5.41, 5.74) is 3.51. The molecule has 620 valence electrons. The maximum absolute atomic E-state index is 13.4. The lowest BCUT2D eigenvalue weighted by Crippen LogP contribution is -2.31. The molecular weight excluding hydrogens is 1790 g/mol. The van der Waals surface area contributed by atoms with Crippen molar-refractivity contribution in [1.82, 2.24) is 80.3 Å². The number of aromatic nitrogens is 12. The van der Waals surface area contributed by atoms with Gasteiger partial charge < -0.3 is 42.5 Å². The number of hydrogen-bond donors (Lipinski definition) is 8. The summed E-state index contributed by atoms with van der Waals surface area (Å²) in [6.45, 7) is 16.0. The maximum Gasteiger partial charge on any atom is 0.435 e. The SMILES string of the molecule is CNC(=O)c1cc(C#N)cc(C)c1NC(=O)c1cc(Br)nn1-c1ncccc1C.CNC(=O)c1cc(Cl)cc(Cl)c1NC(=O)c1cc(Cl)nn1-c1ncccc1C.Cc1cccnc1-n1nc(C(F)(F)F)cc1C(=O)Nc1c(Cl)cc(Cl)cc1C(=O)NC(C)C.Cc1cccnc1-n1nc(Cl)cc1C(=O)Nc1c(Cl)cc(Cl)cc1C(=O)NC(C)C. The molecule has 29 nitrogen and oxygen atoms in total. The van der Waals surface area contributed by atoms with Crippen LogP contribution >= 0.6 is 109 Å². The summed E-state index contributed by atoms with van der Waals surface area (Å²) in [6.07, 6.45) is 1.35. The molecule has 0 bridgehead atoms. The van der Waals surface area contributed by atoms with Crippen LogP contribution in [0.25, 0.3) is 23.3 Å². The van der Waals surface area contributed by atoms with Gasteiger partial charge in [0.1, 0.15) is 27.4 Å². The van der Waals surface area contributed by atoms with E-state index in [9.17, 15) is 56.8 Å². The van der Waals surface area contributed by atoms with Crippen LogP contribution in [-0.4, -0.2) is 132 Å². The average molecular weight is 1860 g/mol. The summed E-state index contributed by atoms with van der Waals surface area (Å²) in [5.74, 6) is -2.97. The summed E-state index contributed by atoms with van der Waals surface area (Å²) in [6, 6.07) is 32.1. The fraction of sp³-hybridized carbons (Fsp3) is 0.177. The minimum absolute atomic E-state index is 0.0399. The Balaban J connectivity index is 0.000000182. The van der Waals surface area contributed by atoms with Crippen molar-refractivity contribution in [3.63, 3.8) is 0 Å². The highest BCUT2D eigenvalue weighted by Gasteiger charge is 2.37. The second kappa shape index (κ2) is 40.3. The molecule has 0 aliphatic heterocycles. The third kappa shape index (κ3) is 22.6. The summed E-state index contributed by atoms with van der Waals surface area (Å²) in [4.78, 5) is 119. The summed E-state index contributed by atoms with van der Waals surface area (Å²) >= 11 is 52.2. The number of nitriles is 1. The topological polar surface area (TPSA) is 379 Å². The molecule has 120 heavy (non-hydrogen) atoms. The van der Waals surface area contributed by atoms with E-state index in [0.29, 0.717) is 50.5 Å². The van der Waals surface area contributed by atoms with Crippen LogP contribution in [0.5, 0.6) is 0 Å². The molecule has 8 aromatic heterocycles. The van der Waals surface area contributed by atoms with Gasteiger partial charge in [-0.3, -0.25) is 38.4 Å². The number of benzene rings is 4. The van der Waals surface area contributed by atoms with Crippen molar-refractivity contribution in [2.45, 2.75) is 80.6 Å². The maximum atomic E-state index is 13.4. The predicted octanol–water partition coefficient (Wildman–Crippen LogP) is 17.5. The van der Waals surface area contributed by atoms with Crippen molar-refractivity contribution in [2.75, 3.05) is 35.4 Å². The van der Waals surface area contributed by atoms with Gasteiger partial charge in [0, 0.05) is 90.3 Å². The number of carbonyl (C=O) groups is 8. The molecule has 0 aliphatic carbocycles. The number of halogens is 12. The minimum Gasteiger partial charge on any atom is -0.355 e. The highest BCUT2D eigenvalue weighted by atomic mass is 79.9. The molecule has 8 N–H and O–H groups in total. The number of rotatable bonds is 18. The zero-order valence-electron chi connectivity index (χ0n) is 64.6. The van der Waals surface area contributed by atoms with Gasteiger partial charge in [-0.15, -0.1) is 0 Å². The lowest BCUT2D eigenvalue weighted by Gasteiger charge is -2.15. The Morgan fingerprint density at radius 1 is 0.400 bits per heavy atom. The molecule has 8 heterocycles. The molecule has 8 amide bonds. The lowest BCUT2D eigenvalue weighted by atomic mass is 10.0. The van der Waals surface area contributed by atoms with Gasteiger partial charge in [0.2, 0.25) is 0 Å². The predicted molar refractivity (Wildman–Crippen MR) is 456 cm³/mol. The molecule has 0 unspecified atom stereocenters. The van der Waals surface area contributed by atoms with Crippen molar-refractivity contribution >= 4 is 179 Å². The lowest BCUT2D eigenvalue weighted by molar-refractivity contribution is -0.141. The zero-order valence-corrected chi connectivity index (χ0v) is 72.3. The highest BCUT2D eigenvalue weighted by Crippen LogP contribution is 2.37. The molecule has 0 radical (unpaired) electrons. The second-order valence-electron chi connectivity index (χ2n) is 26.2. The van der Waals surface area contributed by atoms with Crippen LogP contribution in [0.1, 0.15) is 150 Å². The Hall–Kier alpha value is -11.8. The van der Waals surface area contributed by atoms with Gasteiger partial charge in [-0.2, -0.15) is 38.8 Å². The molecule has 0 spiro atoms. The first-order valence-corrected chi connectivity index (χ1v) is 39.0. The second-order valence-corrected chi connectivity index (χ2v) is 30.3. The van der Waals surface area contributed by atoms with E-state index in [1.165, 1.54) is 88.9 Å². The van der Waals surface area contributed by atoms with Gasteiger partial charge in [-0.1, -0.05) is 117 Å². The molecule has 0 aliphatic rings. The summed E-state index contributed by atoms with van der Waals surface area (Å²) in [7, 11) is 2.94. The molecular formula is C79H67BrCl8F3N21O8. The fourth-order valence-corrected chi connectivity index (χ4v) is 13.5. The Morgan fingerprint density at radius 2 is 0.708 bits per heavy atom. The average Bonchev–Trinajstić information content (AvgIpc) is 1.62. The minimum atomic E-state index is -4.80. The molecule has 0 fully saturated rings. The van der Waals surface area contributed by atoms with Crippen molar-refractivity contribution in [3.8, 4) is 29.3 Å². The van der Waals surface area contributed by atoms with Crippen LogP contribution in [0.4, 0.5) is 35.9 Å². The number of carbonyl (C=O) groups excluding carboxylic acids is 8. The van der Waals surface area contributed by atoms with Gasteiger partial charge in [-0.25, -0.2) is 38.7 Å². The monoisotopic (exact) mass is 1850 g/mol. The summed E-state index contributed by atoms with van der Waals surface area (Å²) in [5, 5.41) is 47.4. The first kappa shape index (κ1) is 92.0. The van der Waals surface area contributed by atoms with Crippen LogP contribution in [0, 0.1) is 45.9 Å². The van der Waals surface area contributed by atoms with Gasteiger partial charge in [0.05, 0.1) is 71.7 Å². The standard InChI is InChI=1S/C21H18Cl2F3N5O2.C20H17BrN6O2.C20H18Cl3N5O2.C18H14Cl3N5O2/c1-10(2)28-19(32)13-7-12(22)8-14(23)17(13)29-20(33)15-9-16(21(24,25)26)30-31(15)18-11(3)5-4-6-27-18;1-11-5-4-6-24-18(11)27-15(9-16(21)26-27)20(29)25-17-12(2)7-13(10-22)8-14(17)19(28)23-3;1-10(2)25-19(29)13-7-12(21)8-14(22)17(13)26-20(30)15-9-16(23)27-28(15)18-11(3)5-4-6-24-18;1-9-4-3-5-23-16(9)26-13(8-14(21)25-26)18(28)24-15-11(17(27)22-2)6-10(19)7-12(15)20/h4-10H,1-3H3,(H,28,32)(H,29,33);4-9H,1-3H3,(H,23,28)(H,25,29);4-10H,1-3H3,(H,25,29)(H,26,30);3-8H,1-2H3,(H,22,27)(H,24,28). The van der Waals surface area contributed by atoms with E-state index >= 15 is 0 Å². The van der Waals surface area contributed by atoms with E-state index in [0.717, 1.165) is 21.4 Å². The Bertz CT molecular complexity index is 6050. The Labute approximate surface area is 731 Å². The first-order chi connectivity index (χ1) is 56.7. The number of anilines is 4. The van der Waals surface area contributed by atoms with Crippen LogP contribution in [0.15, 0.2) is 151 Å². The number of amides is 8. The van der Waals surface area contributed by atoms with E-state index in [4.69, 9.17) is 92.8 Å². The summed E-state index contributed by atoms with van der Waals surface area (Å²) < 4.78 is 45.5. The normalized spacial score (nSPS) is 10.9. The molecule has 4 aromatic carbocycles. The zero-order chi connectivity index (χ0) is 88.0. The molecule has 0 saturated carbocycles. The molecule has 41 heteroatoms. The molecule has 12 rings (SSSR count). The van der Waals surface area contributed by atoms with Gasteiger partial charge >= 0.3 is 6.18 Å². The number of alkyl halides is 3. The van der Waals surface area contributed by atoms with Crippen molar-refractivity contribution in [1.29, 1.82) is 5.26 Å². The molecule has 0 saturated heterocycles. The molecule has 12 aromatic rings.